The van der Waals surface area contributed by atoms with Gasteiger partial charge in [0.1, 0.15) is 6.04 Å². The van der Waals surface area contributed by atoms with Crippen molar-refractivity contribution in [3.63, 3.8) is 0 Å². The van der Waals surface area contributed by atoms with Crippen LogP contribution >= 0.6 is 11.8 Å². The molecular formula is C29H40LiNO5S. The number of aliphatic hydroxyl groups excluding tert-OH is 1. The van der Waals surface area contributed by atoms with Crippen LogP contribution < -0.4 is 5.32 Å². The van der Waals surface area contributed by atoms with Gasteiger partial charge in [-0.05, 0) is 72.1 Å². The van der Waals surface area contributed by atoms with Gasteiger partial charge in [-0.15, -0.1) is 0 Å². The molecule has 0 heterocycles. The number of carboxylic acids is 1. The van der Waals surface area contributed by atoms with Crippen LogP contribution in [-0.4, -0.2) is 71.7 Å². The molecule has 6 nitrogen and oxygen atoms in total. The van der Waals surface area contributed by atoms with E-state index < -0.39 is 24.0 Å². The van der Waals surface area contributed by atoms with E-state index in [9.17, 15) is 19.8 Å². The molecular weight excluding hydrogens is 481 g/mol. The van der Waals surface area contributed by atoms with Crippen molar-refractivity contribution in [2.45, 2.75) is 70.6 Å². The second-order valence-corrected chi connectivity index (χ2v) is 10.7. The summed E-state index contributed by atoms with van der Waals surface area (Å²) in [6.45, 7) is 2.60. The van der Waals surface area contributed by atoms with Gasteiger partial charge >= 0.3 is 24.8 Å². The Labute approximate surface area is 237 Å². The number of hydrogen-bond acceptors (Lipinski definition) is 5. The summed E-state index contributed by atoms with van der Waals surface area (Å²) in [5.41, 5.74) is 4.00. The van der Waals surface area contributed by atoms with E-state index in [1.165, 1.54) is 32.1 Å². The molecule has 1 aliphatic rings. The Hall–Kier alpha value is -1.75. The van der Waals surface area contributed by atoms with Gasteiger partial charge in [0, 0.05) is 5.56 Å². The second kappa shape index (κ2) is 16.3. The fourth-order valence-electron chi connectivity index (χ4n) is 4.89. The number of aliphatic hydroxyl groups is 1. The standard InChI is InChI=1S/C29H39NO5S.Li.H/c1-20-8-6-7-11-24(20)26-17-22(18-35-19-23(31)16-21-9-4-3-5-10-21)12-13-25(26)28(32)30-27(29(33)34)14-15-36-2;;/h6-8,11-13,17,21,23,27,31H,3-5,9-10,14-16,18-19H2,1-2H3,(H,30,32)(H,33,34);;/t23?,27-;;/m0../s1. The topological polar surface area (TPSA) is 95.9 Å². The Bertz CT molecular complexity index is 1010. The normalized spacial score (nSPS) is 15.4. The van der Waals surface area contributed by atoms with Gasteiger partial charge in [-0.2, -0.15) is 11.8 Å². The molecule has 3 N–H and O–H groups in total. The molecule has 0 saturated heterocycles. The van der Waals surface area contributed by atoms with Gasteiger partial charge in [0.2, 0.25) is 0 Å². The number of carbonyl (C=O) groups excluding carboxylic acids is 1. The first-order valence-corrected chi connectivity index (χ1v) is 14.3. The summed E-state index contributed by atoms with van der Waals surface area (Å²) in [6.07, 6.45) is 8.78. The molecule has 1 amide bonds. The molecule has 2 atom stereocenters. The Morgan fingerprint density at radius 3 is 2.51 bits per heavy atom. The zero-order valence-corrected chi connectivity index (χ0v) is 22.2. The number of aryl methyl sites for hydroxylation is 1. The number of hydrogen-bond donors (Lipinski definition) is 3. The minimum atomic E-state index is -1.04. The molecule has 1 saturated carbocycles. The molecule has 0 bridgehead atoms. The van der Waals surface area contributed by atoms with Gasteiger partial charge < -0.3 is 20.3 Å². The number of carboxylic acid groups (broad SMARTS) is 1. The van der Waals surface area contributed by atoms with Crippen molar-refractivity contribution in [2.24, 2.45) is 5.92 Å². The van der Waals surface area contributed by atoms with Gasteiger partial charge in [-0.1, -0.05) is 62.4 Å². The molecule has 37 heavy (non-hydrogen) atoms. The van der Waals surface area contributed by atoms with Crippen molar-refractivity contribution in [1.29, 1.82) is 0 Å². The molecule has 0 spiro atoms. The van der Waals surface area contributed by atoms with Gasteiger partial charge in [-0.25, -0.2) is 4.79 Å². The zero-order valence-electron chi connectivity index (χ0n) is 21.4. The molecule has 198 valence electrons. The monoisotopic (exact) mass is 521 g/mol. The predicted molar refractivity (Wildman–Crippen MR) is 153 cm³/mol. The van der Waals surface area contributed by atoms with Gasteiger partial charge in [0.15, 0.2) is 0 Å². The molecule has 1 fully saturated rings. The Morgan fingerprint density at radius 1 is 1.11 bits per heavy atom. The van der Waals surface area contributed by atoms with Crippen molar-refractivity contribution >= 4 is 42.5 Å². The third-order valence-electron chi connectivity index (χ3n) is 6.89. The number of amides is 1. The summed E-state index contributed by atoms with van der Waals surface area (Å²) in [6, 6.07) is 12.4. The van der Waals surface area contributed by atoms with Gasteiger partial charge in [0.05, 0.1) is 19.3 Å². The number of aliphatic carboxylic acids is 1. The number of thioether (sulfide) groups is 1. The van der Waals surface area contributed by atoms with Crippen LogP contribution in [-0.2, 0) is 16.1 Å². The maximum atomic E-state index is 13.2. The summed E-state index contributed by atoms with van der Waals surface area (Å²) < 4.78 is 5.85. The van der Waals surface area contributed by atoms with E-state index in [4.69, 9.17) is 4.74 Å². The fourth-order valence-corrected chi connectivity index (χ4v) is 5.37. The predicted octanol–water partition coefficient (Wildman–Crippen LogP) is 4.80. The molecule has 0 aromatic heterocycles. The van der Waals surface area contributed by atoms with Crippen molar-refractivity contribution in [1.82, 2.24) is 5.32 Å². The van der Waals surface area contributed by atoms with E-state index in [2.05, 4.69) is 5.32 Å². The SMILES string of the molecule is CSCC[C@H](NC(=O)c1ccc(COCC(O)CC2CCCCC2)cc1-c1ccccc1C)C(=O)O.[LiH]. The summed E-state index contributed by atoms with van der Waals surface area (Å²) in [5, 5.41) is 22.7. The number of nitrogens with one attached hydrogen (secondary N) is 1. The number of benzene rings is 2. The van der Waals surface area contributed by atoms with E-state index >= 15 is 0 Å². The fraction of sp³-hybridized carbons (Fsp3) is 0.517. The quantitative estimate of drug-likeness (QED) is 0.328. The van der Waals surface area contributed by atoms with E-state index in [0.29, 0.717) is 30.3 Å². The summed E-state index contributed by atoms with van der Waals surface area (Å²) in [5.74, 6) is -0.206. The van der Waals surface area contributed by atoms with Crippen LogP contribution in [0.15, 0.2) is 42.5 Å². The van der Waals surface area contributed by atoms with Crippen LogP contribution in [0, 0.1) is 12.8 Å². The number of rotatable bonds is 13. The first kappa shape index (κ1) is 31.5. The molecule has 0 aliphatic heterocycles. The van der Waals surface area contributed by atoms with E-state index in [0.717, 1.165) is 28.7 Å². The van der Waals surface area contributed by atoms with Gasteiger partial charge in [-0.3, -0.25) is 4.79 Å². The van der Waals surface area contributed by atoms with Crippen LogP contribution in [0.1, 0.15) is 66.4 Å². The van der Waals surface area contributed by atoms with Crippen LogP contribution in [0.3, 0.4) is 0 Å². The van der Waals surface area contributed by atoms with Crippen LogP contribution in [0.25, 0.3) is 11.1 Å². The summed E-state index contributed by atoms with van der Waals surface area (Å²) >= 11 is 1.55. The number of carbonyl (C=O) groups is 2. The second-order valence-electron chi connectivity index (χ2n) is 9.75. The Morgan fingerprint density at radius 2 is 1.84 bits per heavy atom. The first-order chi connectivity index (χ1) is 17.4. The molecule has 1 aliphatic carbocycles. The average molecular weight is 522 g/mol. The van der Waals surface area contributed by atoms with Gasteiger partial charge in [0.25, 0.3) is 5.91 Å². The summed E-state index contributed by atoms with van der Waals surface area (Å²) in [7, 11) is 0. The van der Waals surface area contributed by atoms with Crippen molar-refractivity contribution in [3.05, 3.63) is 59.2 Å². The summed E-state index contributed by atoms with van der Waals surface area (Å²) in [4.78, 5) is 24.9. The van der Waals surface area contributed by atoms with Crippen molar-refractivity contribution in [3.8, 4) is 11.1 Å². The Balaban J connectivity index is 0.00000481. The zero-order chi connectivity index (χ0) is 25.9. The molecule has 0 radical (unpaired) electrons. The van der Waals surface area contributed by atoms with Crippen LogP contribution in [0.2, 0.25) is 0 Å². The molecule has 3 rings (SSSR count). The third kappa shape index (κ3) is 9.81. The number of ether oxygens (including phenoxy) is 1. The van der Waals surface area contributed by atoms with E-state index in [1.807, 2.05) is 49.6 Å². The average Bonchev–Trinajstić information content (AvgIpc) is 2.87. The Kier molecular flexibility index (Phi) is 13.8. The first-order valence-electron chi connectivity index (χ1n) is 12.9. The minimum absolute atomic E-state index is 0. The third-order valence-corrected chi connectivity index (χ3v) is 7.53. The van der Waals surface area contributed by atoms with Crippen molar-refractivity contribution < 1.29 is 24.5 Å². The van der Waals surface area contributed by atoms with Crippen molar-refractivity contribution in [2.75, 3.05) is 18.6 Å². The van der Waals surface area contributed by atoms with E-state index in [-0.39, 0.29) is 25.5 Å². The molecule has 1 unspecified atom stereocenters. The maximum absolute atomic E-state index is 13.2. The van der Waals surface area contributed by atoms with E-state index in [1.54, 1.807) is 17.8 Å². The van der Waals surface area contributed by atoms with Crippen LogP contribution in [0.4, 0.5) is 0 Å². The van der Waals surface area contributed by atoms with Crippen LogP contribution in [0.5, 0.6) is 0 Å². The molecule has 2 aromatic carbocycles. The molecule has 2 aromatic rings. The molecule has 8 heteroatoms.